The fourth-order valence-electron chi connectivity index (χ4n) is 3.16. The highest BCUT2D eigenvalue weighted by atomic mass is 32.2. The summed E-state index contributed by atoms with van der Waals surface area (Å²) in [5.74, 6) is 1.03. The average Bonchev–Trinajstić information content (AvgIpc) is 2.75. The molecule has 2 aromatic rings. The van der Waals surface area contributed by atoms with E-state index in [1.54, 1.807) is 11.8 Å². The Morgan fingerprint density at radius 2 is 1.70 bits per heavy atom. The molecule has 5 nitrogen and oxygen atoms in total. The summed E-state index contributed by atoms with van der Waals surface area (Å²) in [6.07, 6.45) is 0. The lowest BCUT2D eigenvalue weighted by molar-refractivity contribution is -0.115. The summed E-state index contributed by atoms with van der Waals surface area (Å²) < 4.78 is 11.1. The molecule has 2 aliphatic rings. The predicted molar refractivity (Wildman–Crippen MR) is 110 cm³/mol. The summed E-state index contributed by atoms with van der Waals surface area (Å²) >= 11 is 1.66. The normalized spacial score (nSPS) is 17.4. The zero-order valence-electron chi connectivity index (χ0n) is 15.0. The molecule has 1 amide bonds. The third-order valence-electron chi connectivity index (χ3n) is 4.53. The van der Waals surface area contributed by atoms with Gasteiger partial charge in [0.25, 0.3) is 5.91 Å². The number of nitrogens with zero attached hydrogens (tertiary/aromatic N) is 1. The molecule has 1 saturated heterocycles. The molecule has 0 saturated carbocycles. The maximum Gasteiger partial charge on any atom is 0.291 e. The van der Waals surface area contributed by atoms with Crippen LogP contribution < -0.4 is 10.2 Å². The molecule has 0 unspecified atom stereocenters. The molecule has 140 valence electrons. The fourth-order valence-corrected chi connectivity index (χ4v) is 4.11. The van der Waals surface area contributed by atoms with Crippen molar-refractivity contribution < 1.29 is 14.3 Å². The van der Waals surface area contributed by atoms with Gasteiger partial charge in [0.1, 0.15) is 0 Å². The zero-order valence-corrected chi connectivity index (χ0v) is 15.8. The van der Waals surface area contributed by atoms with Crippen LogP contribution in [-0.2, 0) is 14.3 Å². The Hall–Kier alpha value is -2.44. The number of amides is 1. The maximum absolute atomic E-state index is 12.8. The van der Waals surface area contributed by atoms with Gasteiger partial charge in [-0.05, 0) is 29.8 Å². The molecule has 2 aliphatic heterocycles. The number of nitrogens with one attached hydrogen (secondary N) is 1. The van der Waals surface area contributed by atoms with Crippen molar-refractivity contribution in [3.8, 4) is 0 Å². The molecule has 1 fully saturated rings. The molecule has 0 radical (unpaired) electrons. The Morgan fingerprint density at radius 1 is 0.963 bits per heavy atom. The Bertz CT molecular complexity index is 815. The summed E-state index contributed by atoms with van der Waals surface area (Å²) in [6.45, 7) is 3.84. The minimum atomic E-state index is -0.208. The Labute approximate surface area is 163 Å². The molecule has 1 N–H and O–H groups in total. The summed E-state index contributed by atoms with van der Waals surface area (Å²) in [6, 6.07) is 17.8. The molecule has 2 heterocycles. The van der Waals surface area contributed by atoms with Crippen LogP contribution in [0.3, 0.4) is 0 Å². The van der Waals surface area contributed by atoms with Gasteiger partial charge in [-0.3, -0.25) is 4.79 Å². The first-order valence-corrected chi connectivity index (χ1v) is 10.1. The number of morpholine rings is 1. The van der Waals surface area contributed by atoms with Crippen LogP contribution in [0, 0.1) is 0 Å². The van der Waals surface area contributed by atoms with E-state index in [1.807, 2.05) is 54.6 Å². The topological polar surface area (TPSA) is 50.8 Å². The molecule has 6 heteroatoms. The zero-order chi connectivity index (χ0) is 18.5. The second kappa shape index (κ2) is 8.50. The van der Waals surface area contributed by atoms with Gasteiger partial charge in [-0.15, -0.1) is 11.8 Å². The molecule has 0 bridgehead atoms. The van der Waals surface area contributed by atoms with Gasteiger partial charge >= 0.3 is 0 Å². The highest BCUT2D eigenvalue weighted by molar-refractivity contribution is 8.08. The monoisotopic (exact) mass is 382 g/mol. The largest absolute Gasteiger partial charge is 0.486 e. The highest BCUT2D eigenvalue weighted by Crippen LogP contribution is 2.35. The van der Waals surface area contributed by atoms with E-state index in [0.717, 1.165) is 53.9 Å². The minimum Gasteiger partial charge on any atom is -0.486 e. The summed E-state index contributed by atoms with van der Waals surface area (Å²) in [4.78, 5) is 16.0. The van der Waals surface area contributed by atoms with Crippen LogP contribution in [0.4, 0.5) is 11.4 Å². The maximum atomic E-state index is 12.8. The molecule has 0 aromatic heterocycles. The number of ether oxygens (including phenoxy) is 2. The third-order valence-corrected chi connectivity index (χ3v) is 5.61. The van der Waals surface area contributed by atoms with E-state index >= 15 is 0 Å². The van der Waals surface area contributed by atoms with Gasteiger partial charge in [0.2, 0.25) is 0 Å². The van der Waals surface area contributed by atoms with Gasteiger partial charge in [0.15, 0.2) is 5.76 Å². The van der Waals surface area contributed by atoms with Crippen molar-refractivity contribution in [1.29, 1.82) is 0 Å². The second-order valence-corrected chi connectivity index (χ2v) is 7.43. The van der Waals surface area contributed by atoms with Gasteiger partial charge in [0.05, 0.1) is 24.7 Å². The first kappa shape index (κ1) is 17.9. The van der Waals surface area contributed by atoms with E-state index in [-0.39, 0.29) is 5.91 Å². The van der Waals surface area contributed by atoms with Gasteiger partial charge in [-0.25, -0.2) is 0 Å². The van der Waals surface area contributed by atoms with Gasteiger partial charge in [0, 0.05) is 30.2 Å². The Morgan fingerprint density at radius 3 is 2.44 bits per heavy atom. The highest BCUT2D eigenvalue weighted by Gasteiger charge is 2.23. The van der Waals surface area contributed by atoms with Gasteiger partial charge in [-0.1, -0.05) is 30.3 Å². The van der Waals surface area contributed by atoms with E-state index in [9.17, 15) is 4.79 Å². The standard InChI is InChI=1S/C21H22N2O3S/c24-21(19-20(27-15-14-26-19)16-4-2-1-3-5-16)22-17-6-8-18(9-7-17)23-10-12-25-13-11-23/h1-9H,10-15H2,(H,22,24). The smallest absolute Gasteiger partial charge is 0.291 e. The molecule has 27 heavy (non-hydrogen) atoms. The molecular weight excluding hydrogens is 360 g/mol. The molecular formula is C21H22N2O3S. The van der Waals surface area contributed by atoms with Gasteiger partial charge < -0.3 is 19.7 Å². The Kier molecular flexibility index (Phi) is 5.65. The van der Waals surface area contributed by atoms with Crippen LogP contribution in [0.15, 0.2) is 60.4 Å². The Balaban J connectivity index is 1.49. The third kappa shape index (κ3) is 4.28. The molecule has 0 aliphatic carbocycles. The quantitative estimate of drug-likeness (QED) is 0.876. The second-order valence-electron chi connectivity index (χ2n) is 6.32. The van der Waals surface area contributed by atoms with E-state index in [4.69, 9.17) is 9.47 Å². The summed E-state index contributed by atoms with van der Waals surface area (Å²) in [5, 5.41) is 2.96. The molecule has 4 rings (SSSR count). The van der Waals surface area contributed by atoms with E-state index in [2.05, 4.69) is 10.2 Å². The number of hydrogen-bond acceptors (Lipinski definition) is 5. The molecule has 0 atom stereocenters. The lowest BCUT2D eigenvalue weighted by Crippen LogP contribution is -2.36. The SMILES string of the molecule is O=C(Nc1ccc(N2CCOCC2)cc1)C1=C(c2ccccc2)SCCO1. The lowest BCUT2D eigenvalue weighted by Gasteiger charge is -2.29. The summed E-state index contributed by atoms with van der Waals surface area (Å²) in [5.41, 5.74) is 2.91. The minimum absolute atomic E-state index is 0.208. The van der Waals surface area contributed by atoms with Crippen LogP contribution in [0.25, 0.3) is 4.91 Å². The van der Waals surface area contributed by atoms with Crippen molar-refractivity contribution in [3.63, 3.8) is 0 Å². The number of anilines is 2. The fraction of sp³-hybridized carbons (Fsp3) is 0.286. The van der Waals surface area contributed by atoms with Crippen LogP contribution in [0.2, 0.25) is 0 Å². The number of benzene rings is 2. The van der Waals surface area contributed by atoms with E-state index in [0.29, 0.717) is 12.4 Å². The predicted octanol–water partition coefficient (Wildman–Crippen LogP) is 3.59. The first-order valence-electron chi connectivity index (χ1n) is 9.11. The van der Waals surface area contributed by atoms with Crippen molar-refractivity contribution >= 4 is 33.9 Å². The van der Waals surface area contributed by atoms with E-state index in [1.165, 1.54) is 0 Å². The van der Waals surface area contributed by atoms with Crippen LogP contribution >= 0.6 is 11.8 Å². The number of carbonyl (C=O) groups is 1. The number of hydrogen-bond donors (Lipinski definition) is 1. The first-order chi connectivity index (χ1) is 13.3. The average molecular weight is 382 g/mol. The number of carbonyl (C=O) groups excluding carboxylic acids is 1. The molecule has 0 spiro atoms. The van der Waals surface area contributed by atoms with Crippen LogP contribution in [0.1, 0.15) is 5.56 Å². The molecule has 2 aromatic carbocycles. The van der Waals surface area contributed by atoms with Crippen molar-refractivity contribution in [1.82, 2.24) is 0 Å². The van der Waals surface area contributed by atoms with Crippen molar-refractivity contribution in [2.75, 3.05) is 48.9 Å². The van der Waals surface area contributed by atoms with Crippen LogP contribution in [0.5, 0.6) is 0 Å². The lowest BCUT2D eigenvalue weighted by atomic mass is 10.2. The van der Waals surface area contributed by atoms with Gasteiger partial charge in [-0.2, -0.15) is 0 Å². The van der Waals surface area contributed by atoms with Crippen molar-refractivity contribution in [2.45, 2.75) is 0 Å². The van der Waals surface area contributed by atoms with Crippen molar-refractivity contribution in [3.05, 3.63) is 65.9 Å². The van der Waals surface area contributed by atoms with E-state index < -0.39 is 0 Å². The number of rotatable bonds is 4. The number of thioether (sulfide) groups is 1. The van der Waals surface area contributed by atoms with Crippen molar-refractivity contribution in [2.24, 2.45) is 0 Å². The van der Waals surface area contributed by atoms with Crippen LogP contribution in [-0.4, -0.2) is 44.6 Å². The summed E-state index contributed by atoms with van der Waals surface area (Å²) in [7, 11) is 0.